The van der Waals surface area contributed by atoms with Gasteiger partial charge in [-0.3, -0.25) is 0 Å². The number of ether oxygens (including phenoxy) is 1. The lowest BCUT2D eigenvalue weighted by Gasteiger charge is -2.16. The van der Waals surface area contributed by atoms with E-state index in [2.05, 4.69) is 10.0 Å². The smallest absolute Gasteiger partial charge is 0.241 e. The second-order valence-corrected chi connectivity index (χ2v) is 6.55. The van der Waals surface area contributed by atoms with Gasteiger partial charge in [0, 0.05) is 12.6 Å². The number of sulfonamides is 1. The molecule has 2 N–H and O–H groups in total. The summed E-state index contributed by atoms with van der Waals surface area (Å²) in [5, 5.41) is 3.15. The average Bonchev–Trinajstić information content (AvgIpc) is 2.79. The van der Waals surface area contributed by atoms with E-state index in [1.54, 1.807) is 33.1 Å². The minimum atomic E-state index is -3.48. The normalized spacial score (nSPS) is 19.6. The zero-order valence-electron chi connectivity index (χ0n) is 11.5. The Morgan fingerprint density at radius 3 is 2.42 bits per heavy atom. The summed E-state index contributed by atoms with van der Waals surface area (Å²) in [6.45, 7) is 5.12. The molecule has 0 aromatic heterocycles. The quantitative estimate of drug-likeness (QED) is 0.864. The maximum absolute atomic E-state index is 12.4. The third-order valence-corrected chi connectivity index (χ3v) is 5.15. The van der Waals surface area contributed by atoms with Crippen molar-refractivity contribution < 1.29 is 13.2 Å². The molecule has 106 valence electrons. The maximum Gasteiger partial charge on any atom is 0.241 e. The van der Waals surface area contributed by atoms with Crippen LogP contribution in [0.1, 0.15) is 17.5 Å². The first kappa shape index (κ1) is 14.3. The third kappa shape index (κ3) is 3.08. The van der Waals surface area contributed by atoms with Crippen LogP contribution in [0.15, 0.2) is 17.0 Å². The van der Waals surface area contributed by atoms with Crippen molar-refractivity contribution >= 4 is 10.0 Å². The van der Waals surface area contributed by atoms with Gasteiger partial charge >= 0.3 is 0 Å². The van der Waals surface area contributed by atoms with Gasteiger partial charge in [0.2, 0.25) is 10.0 Å². The molecule has 1 aromatic rings. The highest BCUT2D eigenvalue weighted by atomic mass is 32.2. The Bertz CT molecular complexity index is 540. The Morgan fingerprint density at radius 1 is 1.32 bits per heavy atom. The topological polar surface area (TPSA) is 67.4 Å². The monoisotopic (exact) mass is 284 g/mol. The van der Waals surface area contributed by atoms with Crippen LogP contribution in [0.5, 0.6) is 5.75 Å². The van der Waals surface area contributed by atoms with E-state index >= 15 is 0 Å². The first-order valence-corrected chi connectivity index (χ1v) is 7.80. The largest absolute Gasteiger partial charge is 0.497 e. The average molecular weight is 284 g/mol. The van der Waals surface area contributed by atoms with Crippen LogP contribution in [0.3, 0.4) is 0 Å². The molecular weight excluding hydrogens is 264 g/mol. The third-order valence-electron chi connectivity index (χ3n) is 3.32. The molecule has 0 amide bonds. The van der Waals surface area contributed by atoms with Crippen molar-refractivity contribution in [1.82, 2.24) is 10.0 Å². The van der Waals surface area contributed by atoms with E-state index in [1.165, 1.54) is 0 Å². The molecule has 1 saturated heterocycles. The zero-order chi connectivity index (χ0) is 14.0. The molecule has 1 atom stereocenters. The molecule has 2 rings (SSSR count). The highest BCUT2D eigenvalue weighted by molar-refractivity contribution is 7.89. The Labute approximate surface area is 114 Å². The van der Waals surface area contributed by atoms with Crippen molar-refractivity contribution in [2.24, 2.45) is 0 Å². The van der Waals surface area contributed by atoms with E-state index < -0.39 is 10.0 Å². The summed E-state index contributed by atoms with van der Waals surface area (Å²) in [6, 6.07) is 3.47. The molecule has 0 unspecified atom stereocenters. The molecule has 1 heterocycles. The van der Waals surface area contributed by atoms with Gasteiger partial charge in [-0.15, -0.1) is 0 Å². The number of benzene rings is 1. The number of rotatable bonds is 4. The fraction of sp³-hybridized carbons (Fsp3) is 0.538. The van der Waals surface area contributed by atoms with Crippen LogP contribution in [0.2, 0.25) is 0 Å². The molecule has 1 aliphatic heterocycles. The molecule has 0 spiro atoms. The van der Waals surface area contributed by atoms with Gasteiger partial charge < -0.3 is 10.1 Å². The van der Waals surface area contributed by atoms with E-state index in [-0.39, 0.29) is 6.04 Å². The van der Waals surface area contributed by atoms with Crippen molar-refractivity contribution in [1.29, 1.82) is 0 Å². The molecule has 0 bridgehead atoms. The minimum absolute atomic E-state index is 0.0223. The highest BCUT2D eigenvalue weighted by Gasteiger charge is 2.25. The number of hydrogen-bond donors (Lipinski definition) is 2. The van der Waals surface area contributed by atoms with Crippen molar-refractivity contribution in [3.8, 4) is 5.75 Å². The molecule has 19 heavy (non-hydrogen) atoms. The standard InChI is InChI=1S/C13H20N2O3S/c1-9-6-12(18-3)7-10(2)13(9)19(16,17)15-11-4-5-14-8-11/h6-7,11,14-15H,4-5,8H2,1-3H3/t11-/m0/s1. The van der Waals surface area contributed by atoms with Crippen molar-refractivity contribution in [2.45, 2.75) is 31.2 Å². The summed E-state index contributed by atoms with van der Waals surface area (Å²) >= 11 is 0. The van der Waals surface area contributed by atoms with Gasteiger partial charge in [-0.05, 0) is 50.1 Å². The van der Waals surface area contributed by atoms with E-state index in [4.69, 9.17) is 4.74 Å². The lowest BCUT2D eigenvalue weighted by molar-refractivity contribution is 0.413. The molecule has 6 heteroatoms. The van der Waals surface area contributed by atoms with Gasteiger partial charge in [0.1, 0.15) is 5.75 Å². The summed E-state index contributed by atoms with van der Waals surface area (Å²) in [4.78, 5) is 0.361. The number of methoxy groups -OCH3 is 1. The predicted molar refractivity (Wildman–Crippen MR) is 74.1 cm³/mol. The predicted octanol–water partition coefficient (Wildman–Crippen LogP) is 0.952. The van der Waals surface area contributed by atoms with Gasteiger partial charge in [-0.2, -0.15) is 0 Å². The molecule has 5 nitrogen and oxygen atoms in total. The number of nitrogens with one attached hydrogen (secondary N) is 2. The van der Waals surface area contributed by atoms with E-state index in [1.807, 2.05) is 0 Å². The molecule has 0 radical (unpaired) electrons. The van der Waals surface area contributed by atoms with Crippen LogP contribution in [0, 0.1) is 13.8 Å². The number of hydrogen-bond acceptors (Lipinski definition) is 4. The van der Waals surface area contributed by atoms with Crippen LogP contribution >= 0.6 is 0 Å². The lowest BCUT2D eigenvalue weighted by Crippen LogP contribution is -2.36. The second-order valence-electron chi connectivity index (χ2n) is 4.90. The molecule has 1 fully saturated rings. The van der Waals surface area contributed by atoms with E-state index in [0.717, 1.165) is 13.0 Å². The first-order valence-electron chi connectivity index (χ1n) is 6.32. The Balaban J connectivity index is 2.34. The lowest BCUT2D eigenvalue weighted by atomic mass is 10.1. The Kier molecular flexibility index (Phi) is 4.13. The molecule has 1 aromatic carbocycles. The summed E-state index contributed by atoms with van der Waals surface area (Å²) in [6.07, 6.45) is 0.827. The van der Waals surface area contributed by atoms with Gasteiger partial charge in [0.15, 0.2) is 0 Å². The van der Waals surface area contributed by atoms with Gasteiger partial charge in [-0.1, -0.05) is 0 Å². The first-order chi connectivity index (χ1) is 8.94. The van der Waals surface area contributed by atoms with Crippen LogP contribution in [-0.4, -0.2) is 34.7 Å². The minimum Gasteiger partial charge on any atom is -0.497 e. The van der Waals surface area contributed by atoms with Crippen molar-refractivity contribution in [3.05, 3.63) is 23.3 Å². The summed E-state index contributed by atoms with van der Waals surface area (Å²) < 4.78 is 32.8. The summed E-state index contributed by atoms with van der Waals surface area (Å²) in [5.74, 6) is 0.677. The second kappa shape index (κ2) is 5.48. The SMILES string of the molecule is COc1cc(C)c(S(=O)(=O)N[C@H]2CCNC2)c(C)c1. The highest BCUT2D eigenvalue weighted by Crippen LogP contribution is 2.25. The molecule has 0 aliphatic carbocycles. The molecule has 1 aliphatic rings. The summed E-state index contributed by atoms with van der Waals surface area (Å²) in [5.41, 5.74) is 1.41. The Morgan fingerprint density at radius 2 is 1.95 bits per heavy atom. The maximum atomic E-state index is 12.4. The van der Waals surface area contributed by atoms with Gasteiger partial charge in [-0.25, -0.2) is 13.1 Å². The van der Waals surface area contributed by atoms with Crippen molar-refractivity contribution in [3.63, 3.8) is 0 Å². The Hall–Kier alpha value is -1.11. The van der Waals surface area contributed by atoms with Crippen molar-refractivity contribution in [2.75, 3.05) is 20.2 Å². The van der Waals surface area contributed by atoms with E-state index in [0.29, 0.717) is 28.3 Å². The molecular formula is C13H20N2O3S. The van der Waals surface area contributed by atoms with Crippen LogP contribution < -0.4 is 14.8 Å². The fourth-order valence-corrected chi connectivity index (χ4v) is 4.21. The van der Waals surface area contributed by atoms with Crippen LogP contribution in [0.4, 0.5) is 0 Å². The van der Waals surface area contributed by atoms with Gasteiger partial charge in [0.25, 0.3) is 0 Å². The van der Waals surface area contributed by atoms with Crippen LogP contribution in [0.25, 0.3) is 0 Å². The van der Waals surface area contributed by atoms with E-state index in [9.17, 15) is 8.42 Å². The zero-order valence-corrected chi connectivity index (χ0v) is 12.3. The van der Waals surface area contributed by atoms with Crippen LogP contribution in [-0.2, 0) is 10.0 Å². The molecule has 0 saturated carbocycles. The van der Waals surface area contributed by atoms with Gasteiger partial charge in [0.05, 0.1) is 12.0 Å². The number of aryl methyl sites for hydroxylation is 2. The fourth-order valence-electron chi connectivity index (χ4n) is 2.49. The summed E-state index contributed by atoms with van der Waals surface area (Å²) in [7, 11) is -1.90.